The summed E-state index contributed by atoms with van der Waals surface area (Å²) in [6, 6.07) is 11.8. The van der Waals surface area contributed by atoms with Crippen LogP contribution in [0.3, 0.4) is 0 Å². The highest BCUT2D eigenvalue weighted by molar-refractivity contribution is 5.73. The van der Waals surface area contributed by atoms with E-state index in [1.807, 2.05) is 0 Å². The molecule has 0 aliphatic carbocycles. The fraction of sp³-hybridized carbons (Fsp3) is 0.214. The number of pyridine rings is 1. The SMILES string of the molecule is Cc1nc(O[C@@H](c2ccc(-c3cnccc3C(F)(F)F)cc2)C(F)(F)F)cc(-c2ccc(C[C@H](N)C(=O)O)cc2)n1. The predicted molar refractivity (Wildman–Crippen MR) is 136 cm³/mol. The number of carbonyl (C=O) groups is 1. The molecule has 2 aromatic carbocycles. The van der Waals surface area contributed by atoms with Gasteiger partial charge in [0.2, 0.25) is 12.0 Å². The number of aromatic nitrogens is 3. The number of aryl methyl sites for hydroxylation is 1. The lowest BCUT2D eigenvalue weighted by molar-refractivity contribution is -0.198. The van der Waals surface area contributed by atoms with E-state index in [1.165, 1.54) is 13.0 Å². The smallest absolute Gasteiger partial charge is 0.429 e. The highest BCUT2D eigenvalue weighted by Crippen LogP contribution is 2.40. The molecule has 0 saturated carbocycles. The molecule has 0 bridgehead atoms. The molecule has 2 heterocycles. The molecular weight excluding hydrogens is 554 g/mol. The van der Waals surface area contributed by atoms with Gasteiger partial charge >= 0.3 is 18.3 Å². The Kier molecular flexibility index (Phi) is 8.29. The molecule has 0 aliphatic heterocycles. The molecule has 3 N–H and O–H groups in total. The number of halogens is 6. The van der Waals surface area contributed by atoms with Crippen molar-refractivity contribution in [1.29, 1.82) is 0 Å². The normalized spacial score (nSPS) is 13.5. The summed E-state index contributed by atoms with van der Waals surface area (Å²) in [4.78, 5) is 22.9. The quantitative estimate of drug-likeness (QED) is 0.241. The second-order valence-electron chi connectivity index (χ2n) is 9.06. The first-order valence-corrected chi connectivity index (χ1v) is 12.0. The summed E-state index contributed by atoms with van der Waals surface area (Å²) in [6.07, 6.45) is -9.99. The fourth-order valence-electron chi connectivity index (χ4n) is 4.06. The first-order valence-electron chi connectivity index (χ1n) is 12.0. The number of rotatable bonds is 8. The Labute approximate surface area is 229 Å². The first kappa shape index (κ1) is 29.5. The van der Waals surface area contributed by atoms with Crippen LogP contribution in [0.5, 0.6) is 5.88 Å². The van der Waals surface area contributed by atoms with Crippen molar-refractivity contribution in [3.8, 4) is 28.3 Å². The van der Waals surface area contributed by atoms with Gasteiger partial charge in [0.15, 0.2) is 0 Å². The predicted octanol–water partition coefficient (Wildman–Crippen LogP) is 6.17. The van der Waals surface area contributed by atoms with Gasteiger partial charge in [-0.1, -0.05) is 48.5 Å². The van der Waals surface area contributed by atoms with Gasteiger partial charge in [-0.3, -0.25) is 9.78 Å². The van der Waals surface area contributed by atoms with Crippen LogP contribution in [0.15, 0.2) is 73.1 Å². The van der Waals surface area contributed by atoms with Crippen LogP contribution in [0.2, 0.25) is 0 Å². The maximum absolute atomic E-state index is 14.1. The summed E-state index contributed by atoms with van der Waals surface area (Å²) in [7, 11) is 0. The Bertz CT molecular complexity index is 1520. The molecule has 2 aromatic heterocycles. The van der Waals surface area contributed by atoms with E-state index in [2.05, 4.69) is 15.0 Å². The minimum absolute atomic E-state index is 0.0306. The number of nitrogens with two attached hydrogens (primary N) is 1. The monoisotopic (exact) mass is 576 g/mol. The third-order valence-corrected chi connectivity index (χ3v) is 6.02. The zero-order chi connectivity index (χ0) is 29.9. The average Bonchev–Trinajstić information content (AvgIpc) is 2.91. The summed E-state index contributed by atoms with van der Waals surface area (Å²) in [5.41, 5.74) is 5.40. The second kappa shape index (κ2) is 11.5. The van der Waals surface area contributed by atoms with Gasteiger partial charge in [-0.2, -0.15) is 31.3 Å². The molecule has 41 heavy (non-hydrogen) atoms. The summed E-state index contributed by atoms with van der Waals surface area (Å²) in [5, 5.41) is 8.98. The molecule has 214 valence electrons. The average molecular weight is 576 g/mol. The number of benzene rings is 2. The van der Waals surface area contributed by atoms with Crippen LogP contribution >= 0.6 is 0 Å². The molecule has 13 heteroatoms. The Balaban J connectivity index is 1.61. The number of ether oxygens (including phenoxy) is 1. The van der Waals surface area contributed by atoms with Crippen molar-refractivity contribution in [2.75, 3.05) is 0 Å². The number of carboxylic acids is 1. The highest BCUT2D eigenvalue weighted by Gasteiger charge is 2.43. The van der Waals surface area contributed by atoms with Crippen LogP contribution in [0.4, 0.5) is 26.3 Å². The molecular formula is C28H22F6N4O3. The minimum atomic E-state index is -4.89. The van der Waals surface area contributed by atoms with Crippen molar-refractivity contribution >= 4 is 5.97 Å². The minimum Gasteiger partial charge on any atom is -0.480 e. The van der Waals surface area contributed by atoms with Crippen LogP contribution in [0.1, 0.15) is 28.6 Å². The highest BCUT2D eigenvalue weighted by atomic mass is 19.4. The largest absolute Gasteiger partial charge is 0.480 e. The third kappa shape index (κ3) is 7.17. The van der Waals surface area contributed by atoms with Gasteiger partial charge in [-0.25, -0.2) is 4.98 Å². The van der Waals surface area contributed by atoms with Crippen LogP contribution in [-0.2, 0) is 17.4 Å². The lowest BCUT2D eigenvalue weighted by Crippen LogP contribution is -2.32. The molecule has 0 fully saturated rings. The number of carboxylic acid groups (broad SMARTS) is 1. The molecule has 0 radical (unpaired) electrons. The third-order valence-electron chi connectivity index (χ3n) is 6.02. The van der Waals surface area contributed by atoms with Crippen molar-refractivity contribution in [1.82, 2.24) is 15.0 Å². The molecule has 2 atom stereocenters. The Hall–Kier alpha value is -4.52. The summed E-state index contributed by atoms with van der Waals surface area (Å²) in [6.45, 7) is 1.47. The molecule has 7 nitrogen and oxygen atoms in total. The number of nitrogens with zero attached hydrogens (tertiary/aromatic N) is 3. The van der Waals surface area contributed by atoms with Crippen molar-refractivity contribution in [3.63, 3.8) is 0 Å². The lowest BCUT2D eigenvalue weighted by atomic mass is 9.99. The first-order chi connectivity index (χ1) is 19.2. The van der Waals surface area contributed by atoms with Crippen molar-refractivity contribution in [2.45, 2.75) is 37.8 Å². The molecule has 0 unspecified atom stereocenters. The lowest BCUT2D eigenvalue weighted by Gasteiger charge is -2.22. The number of hydrogen-bond acceptors (Lipinski definition) is 6. The van der Waals surface area contributed by atoms with Crippen molar-refractivity contribution in [3.05, 3.63) is 95.6 Å². The second-order valence-corrected chi connectivity index (χ2v) is 9.06. The van der Waals surface area contributed by atoms with Gasteiger partial charge < -0.3 is 15.6 Å². The van der Waals surface area contributed by atoms with E-state index >= 15 is 0 Å². The van der Waals surface area contributed by atoms with Gasteiger partial charge in [-0.05, 0) is 30.5 Å². The molecule has 0 saturated heterocycles. The Morgan fingerprint density at radius 2 is 1.59 bits per heavy atom. The van der Waals surface area contributed by atoms with Gasteiger partial charge in [0.1, 0.15) is 11.9 Å². The van der Waals surface area contributed by atoms with Crippen LogP contribution in [0, 0.1) is 6.92 Å². The van der Waals surface area contributed by atoms with E-state index in [0.717, 1.165) is 42.7 Å². The molecule has 4 rings (SSSR count). The molecule has 0 amide bonds. The maximum atomic E-state index is 14.1. The van der Waals surface area contributed by atoms with E-state index in [-0.39, 0.29) is 40.5 Å². The Morgan fingerprint density at radius 1 is 0.951 bits per heavy atom. The zero-order valence-electron chi connectivity index (χ0n) is 21.2. The van der Waals surface area contributed by atoms with Gasteiger partial charge in [0.25, 0.3) is 0 Å². The van der Waals surface area contributed by atoms with E-state index in [0.29, 0.717) is 11.1 Å². The number of alkyl halides is 6. The summed E-state index contributed by atoms with van der Waals surface area (Å²) in [5.74, 6) is -1.40. The van der Waals surface area contributed by atoms with Gasteiger partial charge in [-0.15, -0.1) is 0 Å². The zero-order valence-corrected chi connectivity index (χ0v) is 21.2. The van der Waals surface area contributed by atoms with Crippen LogP contribution in [0.25, 0.3) is 22.4 Å². The Morgan fingerprint density at radius 3 is 2.17 bits per heavy atom. The fourth-order valence-corrected chi connectivity index (χ4v) is 4.06. The standard InChI is InChI=1S/C28H22F6N4O3/c1-15-37-23(18-4-2-16(3-5-18)12-22(35)26(39)40)13-24(38-15)41-25(28(32,33)34)19-8-6-17(7-9-19)20-14-36-11-10-21(20)27(29,30)31/h2-11,13-14,22,25H,12,35H2,1H3,(H,39,40)/t22-,25-/m0/s1. The van der Waals surface area contributed by atoms with Crippen molar-refractivity contribution in [2.24, 2.45) is 5.73 Å². The van der Waals surface area contributed by atoms with E-state index in [4.69, 9.17) is 15.6 Å². The van der Waals surface area contributed by atoms with Crippen LogP contribution in [-0.4, -0.2) is 38.2 Å². The summed E-state index contributed by atoms with van der Waals surface area (Å²) >= 11 is 0. The van der Waals surface area contributed by atoms with Crippen LogP contribution < -0.4 is 10.5 Å². The van der Waals surface area contributed by atoms with Gasteiger partial charge in [0, 0.05) is 35.2 Å². The number of aliphatic carboxylic acids is 1. The van der Waals surface area contributed by atoms with Crippen molar-refractivity contribution < 1.29 is 41.0 Å². The number of hydrogen-bond donors (Lipinski definition) is 2. The van der Waals surface area contributed by atoms with E-state index < -0.39 is 36.0 Å². The summed E-state index contributed by atoms with van der Waals surface area (Å²) < 4.78 is 87.7. The van der Waals surface area contributed by atoms with Gasteiger partial charge in [0.05, 0.1) is 11.3 Å². The molecule has 0 aliphatic rings. The molecule has 4 aromatic rings. The maximum Gasteiger partial charge on any atom is 0.429 e. The van der Waals surface area contributed by atoms with E-state index in [1.54, 1.807) is 24.3 Å². The topological polar surface area (TPSA) is 111 Å². The molecule has 0 spiro atoms. The van der Waals surface area contributed by atoms with E-state index in [9.17, 15) is 31.1 Å².